The highest BCUT2D eigenvalue weighted by molar-refractivity contribution is 7.98. The Morgan fingerprint density at radius 2 is 1.70 bits per heavy atom. The number of thioether (sulfide) groups is 1. The van der Waals surface area contributed by atoms with Crippen molar-refractivity contribution in [1.82, 2.24) is 15.3 Å². The Hall–Kier alpha value is -3.26. The standard InChI is InChI=1S/C25H29N5O2S/c1-19-16-24(32-18-23(31)26-17-20-8-10-22(33-2)11-9-20)28-25(27-19)30-14-12-29(13-15-30)21-6-4-3-5-7-21/h3-11,16H,12-15,17-18H2,1-2H3,(H,26,31). The zero-order valence-corrected chi connectivity index (χ0v) is 19.8. The summed E-state index contributed by atoms with van der Waals surface area (Å²) in [5, 5.41) is 2.89. The fourth-order valence-corrected chi connectivity index (χ4v) is 4.09. The van der Waals surface area contributed by atoms with Crippen molar-refractivity contribution in [2.75, 3.05) is 48.8 Å². The Morgan fingerprint density at radius 1 is 1.00 bits per heavy atom. The van der Waals surface area contributed by atoms with Crippen LogP contribution in [0.5, 0.6) is 5.88 Å². The van der Waals surface area contributed by atoms with Crippen LogP contribution in [0, 0.1) is 6.92 Å². The minimum absolute atomic E-state index is 0.0828. The summed E-state index contributed by atoms with van der Waals surface area (Å²) in [5.74, 6) is 0.882. The number of benzene rings is 2. The predicted octanol–water partition coefficient (Wildman–Crippen LogP) is 3.53. The van der Waals surface area contributed by atoms with Gasteiger partial charge in [0, 0.05) is 55.1 Å². The summed E-state index contributed by atoms with van der Waals surface area (Å²) >= 11 is 1.69. The number of nitrogens with one attached hydrogen (secondary N) is 1. The van der Waals surface area contributed by atoms with Gasteiger partial charge in [-0.1, -0.05) is 30.3 Å². The number of nitrogens with zero attached hydrogens (tertiary/aromatic N) is 4. The van der Waals surface area contributed by atoms with Crippen LogP contribution in [0.25, 0.3) is 0 Å². The van der Waals surface area contributed by atoms with Gasteiger partial charge in [-0.15, -0.1) is 11.8 Å². The Bertz CT molecular complexity index is 1050. The molecule has 7 nitrogen and oxygen atoms in total. The molecule has 0 saturated carbocycles. The molecular formula is C25H29N5O2S. The first-order chi connectivity index (χ1) is 16.1. The Morgan fingerprint density at radius 3 is 2.39 bits per heavy atom. The smallest absolute Gasteiger partial charge is 0.258 e. The summed E-state index contributed by atoms with van der Waals surface area (Å²) < 4.78 is 5.69. The van der Waals surface area contributed by atoms with E-state index in [4.69, 9.17) is 4.74 Å². The maximum absolute atomic E-state index is 12.3. The number of amides is 1. The second kappa shape index (κ2) is 11.0. The molecule has 3 aromatic rings. The van der Waals surface area contributed by atoms with E-state index >= 15 is 0 Å². The molecule has 0 radical (unpaired) electrons. The number of aromatic nitrogens is 2. The number of para-hydroxylation sites is 1. The van der Waals surface area contributed by atoms with Crippen molar-refractivity contribution < 1.29 is 9.53 Å². The third kappa shape index (κ3) is 6.38. The molecule has 172 valence electrons. The molecule has 1 aliphatic rings. The Kier molecular flexibility index (Phi) is 7.67. The highest BCUT2D eigenvalue weighted by atomic mass is 32.2. The van der Waals surface area contributed by atoms with Crippen molar-refractivity contribution in [3.05, 3.63) is 71.9 Å². The number of aryl methyl sites for hydroxylation is 1. The van der Waals surface area contributed by atoms with Gasteiger partial charge in [-0.25, -0.2) is 4.98 Å². The molecule has 1 fully saturated rings. The van der Waals surface area contributed by atoms with Gasteiger partial charge in [-0.2, -0.15) is 4.98 Å². The number of ether oxygens (including phenoxy) is 1. The van der Waals surface area contributed by atoms with Crippen molar-refractivity contribution in [3.8, 4) is 5.88 Å². The van der Waals surface area contributed by atoms with Crippen molar-refractivity contribution in [2.24, 2.45) is 0 Å². The molecule has 1 N–H and O–H groups in total. The first kappa shape index (κ1) is 22.9. The molecule has 2 aromatic carbocycles. The molecule has 1 saturated heterocycles. The van der Waals surface area contributed by atoms with Gasteiger partial charge in [0.1, 0.15) is 0 Å². The SMILES string of the molecule is CSc1ccc(CNC(=O)COc2cc(C)nc(N3CCN(c4ccccc4)CC3)n2)cc1. The number of anilines is 2. The van der Waals surface area contributed by atoms with Gasteiger partial charge in [0.2, 0.25) is 11.8 Å². The van der Waals surface area contributed by atoms with Crippen molar-refractivity contribution >= 4 is 29.3 Å². The third-order valence-corrected chi connectivity index (χ3v) is 6.25. The summed E-state index contributed by atoms with van der Waals surface area (Å²) in [6.07, 6.45) is 2.04. The number of rotatable bonds is 8. The average molecular weight is 464 g/mol. The summed E-state index contributed by atoms with van der Waals surface area (Å²) in [6.45, 7) is 5.75. The van der Waals surface area contributed by atoms with E-state index in [1.54, 1.807) is 17.8 Å². The van der Waals surface area contributed by atoms with Crippen molar-refractivity contribution in [1.29, 1.82) is 0 Å². The van der Waals surface area contributed by atoms with Gasteiger partial charge in [0.15, 0.2) is 6.61 Å². The van der Waals surface area contributed by atoms with Crippen LogP contribution >= 0.6 is 11.8 Å². The Balaban J connectivity index is 1.28. The lowest BCUT2D eigenvalue weighted by atomic mass is 10.2. The first-order valence-electron chi connectivity index (χ1n) is 11.0. The molecule has 1 aromatic heterocycles. The van der Waals surface area contributed by atoms with Crippen LogP contribution in [0.1, 0.15) is 11.3 Å². The third-order valence-electron chi connectivity index (χ3n) is 5.50. The molecular weight excluding hydrogens is 434 g/mol. The van der Waals surface area contributed by atoms with E-state index in [-0.39, 0.29) is 12.5 Å². The van der Waals surface area contributed by atoms with Crippen LogP contribution in [0.3, 0.4) is 0 Å². The van der Waals surface area contributed by atoms with E-state index in [0.717, 1.165) is 37.4 Å². The molecule has 2 heterocycles. The quantitative estimate of drug-likeness (QED) is 0.513. The molecule has 1 aliphatic heterocycles. The summed E-state index contributed by atoms with van der Waals surface area (Å²) in [5.41, 5.74) is 3.10. The van der Waals surface area contributed by atoms with E-state index < -0.39 is 0 Å². The molecule has 0 unspecified atom stereocenters. The highest BCUT2D eigenvalue weighted by Gasteiger charge is 2.20. The zero-order valence-electron chi connectivity index (χ0n) is 19.0. The normalized spacial score (nSPS) is 13.6. The zero-order chi connectivity index (χ0) is 23.0. The average Bonchev–Trinajstić information content (AvgIpc) is 2.87. The van der Waals surface area contributed by atoms with Gasteiger partial charge in [0.25, 0.3) is 5.91 Å². The molecule has 0 atom stereocenters. The minimum Gasteiger partial charge on any atom is -0.467 e. The largest absolute Gasteiger partial charge is 0.467 e. The van der Waals surface area contributed by atoms with Gasteiger partial charge >= 0.3 is 0 Å². The highest BCUT2D eigenvalue weighted by Crippen LogP contribution is 2.20. The summed E-state index contributed by atoms with van der Waals surface area (Å²) in [7, 11) is 0. The minimum atomic E-state index is -0.182. The van der Waals surface area contributed by atoms with E-state index in [2.05, 4.69) is 49.4 Å². The van der Waals surface area contributed by atoms with E-state index in [9.17, 15) is 4.79 Å². The van der Waals surface area contributed by atoms with Crippen LogP contribution in [0.2, 0.25) is 0 Å². The lowest BCUT2D eigenvalue weighted by molar-refractivity contribution is -0.123. The molecule has 1 amide bonds. The molecule has 0 spiro atoms. The summed E-state index contributed by atoms with van der Waals surface area (Å²) in [6, 6.07) is 20.3. The molecule has 0 aliphatic carbocycles. The van der Waals surface area contributed by atoms with Crippen LogP contribution < -0.4 is 19.9 Å². The second-order valence-electron chi connectivity index (χ2n) is 7.87. The lowest BCUT2D eigenvalue weighted by Gasteiger charge is -2.36. The predicted molar refractivity (Wildman–Crippen MR) is 133 cm³/mol. The number of piperazine rings is 1. The molecule has 0 bridgehead atoms. The van der Waals surface area contributed by atoms with Gasteiger partial charge in [-0.05, 0) is 43.0 Å². The van der Waals surface area contributed by atoms with Gasteiger partial charge in [-0.3, -0.25) is 4.79 Å². The van der Waals surface area contributed by atoms with Gasteiger partial charge in [0.05, 0.1) is 0 Å². The van der Waals surface area contributed by atoms with E-state index in [1.165, 1.54) is 10.6 Å². The number of carbonyl (C=O) groups is 1. The van der Waals surface area contributed by atoms with Crippen LogP contribution in [0.4, 0.5) is 11.6 Å². The number of hydrogen-bond acceptors (Lipinski definition) is 7. The van der Waals surface area contributed by atoms with Crippen LogP contribution in [-0.4, -0.2) is 54.9 Å². The second-order valence-corrected chi connectivity index (χ2v) is 8.75. The molecule has 8 heteroatoms. The van der Waals surface area contributed by atoms with Crippen LogP contribution in [0.15, 0.2) is 65.6 Å². The molecule has 4 rings (SSSR count). The lowest BCUT2D eigenvalue weighted by Crippen LogP contribution is -2.47. The first-order valence-corrected chi connectivity index (χ1v) is 12.3. The monoisotopic (exact) mass is 463 g/mol. The Labute approximate surface area is 199 Å². The van der Waals surface area contributed by atoms with Gasteiger partial charge < -0.3 is 19.9 Å². The number of hydrogen-bond donors (Lipinski definition) is 1. The van der Waals surface area contributed by atoms with Crippen molar-refractivity contribution in [3.63, 3.8) is 0 Å². The van der Waals surface area contributed by atoms with E-state index in [0.29, 0.717) is 18.4 Å². The van der Waals surface area contributed by atoms with Crippen molar-refractivity contribution in [2.45, 2.75) is 18.4 Å². The molecule has 33 heavy (non-hydrogen) atoms. The fraction of sp³-hybridized carbons (Fsp3) is 0.320. The summed E-state index contributed by atoms with van der Waals surface area (Å²) in [4.78, 5) is 27.1. The number of carbonyl (C=O) groups excluding carboxylic acids is 1. The fourth-order valence-electron chi connectivity index (χ4n) is 3.68. The maximum Gasteiger partial charge on any atom is 0.258 e. The topological polar surface area (TPSA) is 70.6 Å². The van der Waals surface area contributed by atoms with Crippen LogP contribution in [-0.2, 0) is 11.3 Å². The van der Waals surface area contributed by atoms with E-state index in [1.807, 2.05) is 43.5 Å². The maximum atomic E-state index is 12.3.